The number of hydrogen-bond donors (Lipinski definition) is 1. The van der Waals surface area contributed by atoms with Gasteiger partial charge in [-0.1, -0.05) is 26.0 Å². The van der Waals surface area contributed by atoms with Gasteiger partial charge < -0.3 is 14.4 Å². The van der Waals surface area contributed by atoms with Crippen LogP contribution >= 0.6 is 0 Å². The maximum Gasteiger partial charge on any atom is 0.137 e. The van der Waals surface area contributed by atoms with Crippen LogP contribution in [-0.2, 0) is 4.74 Å². The van der Waals surface area contributed by atoms with Gasteiger partial charge in [-0.05, 0) is 43.9 Å². The molecular weight excluding hydrogens is 262 g/mol. The third-order valence-corrected chi connectivity index (χ3v) is 4.12. The maximum atomic E-state index is 6.09. The van der Waals surface area contributed by atoms with Crippen LogP contribution in [0.4, 0.5) is 0 Å². The van der Waals surface area contributed by atoms with Gasteiger partial charge in [-0.15, -0.1) is 0 Å². The Kier molecular flexibility index (Phi) is 5.65. The lowest BCUT2D eigenvalue weighted by molar-refractivity contribution is -0.915. The largest absolute Gasteiger partial charge is 0.487 e. The average molecular weight is 292 g/mol. The number of aryl methyl sites for hydroxylation is 1. The van der Waals surface area contributed by atoms with E-state index in [4.69, 9.17) is 9.47 Å². The van der Waals surface area contributed by atoms with Crippen molar-refractivity contribution in [3.05, 3.63) is 29.3 Å². The SMILES string of the molecule is Cc1ccc(C(C)C)c(OCC[NH+]2C[C@@H](C)O[C@H](C)C2)c1. The predicted molar refractivity (Wildman–Crippen MR) is 86.3 cm³/mol. The van der Waals surface area contributed by atoms with Crippen LogP contribution in [0, 0.1) is 6.92 Å². The van der Waals surface area contributed by atoms with Crippen LogP contribution in [0.2, 0.25) is 0 Å². The first kappa shape index (κ1) is 16.3. The number of nitrogens with one attached hydrogen (secondary N) is 1. The molecule has 1 N–H and O–H groups in total. The number of quaternary nitrogens is 1. The van der Waals surface area contributed by atoms with Crippen LogP contribution < -0.4 is 9.64 Å². The number of hydrogen-bond acceptors (Lipinski definition) is 2. The summed E-state index contributed by atoms with van der Waals surface area (Å²) in [4.78, 5) is 1.58. The van der Waals surface area contributed by atoms with Gasteiger partial charge in [0.25, 0.3) is 0 Å². The standard InChI is InChI=1S/C18H29NO2/c1-13(2)17-7-6-14(3)10-18(17)20-9-8-19-11-15(4)21-16(5)12-19/h6-7,10,13,15-16H,8-9,11-12H2,1-5H3/p+1/t15-,16-/m1/s1. The van der Waals surface area contributed by atoms with Crippen LogP contribution in [0.3, 0.4) is 0 Å². The van der Waals surface area contributed by atoms with Crippen molar-refractivity contribution in [2.24, 2.45) is 0 Å². The van der Waals surface area contributed by atoms with Crippen LogP contribution in [0.15, 0.2) is 18.2 Å². The van der Waals surface area contributed by atoms with Crippen LogP contribution in [-0.4, -0.2) is 38.4 Å². The summed E-state index contributed by atoms with van der Waals surface area (Å²) in [7, 11) is 0. The van der Waals surface area contributed by atoms with E-state index in [2.05, 4.69) is 52.8 Å². The normalized spacial score (nSPS) is 26.1. The molecule has 0 aliphatic carbocycles. The maximum absolute atomic E-state index is 6.09. The molecule has 2 atom stereocenters. The molecule has 21 heavy (non-hydrogen) atoms. The quantitative estimate of drug-likeness (QED) is 0.899. The molecule has 0 spiro atoms. The molecule has 1 saturated heterocycles. The van der Waals surface area contributed by atoms with Crippen LogP contribution in [0.25, 0.3) is 0 Å². The van der Waals surface area contributed by atoms with Gasteiger partial charge in [0.05, 0.1) is 0 Å². The van der Waals surface area contributed by atoms with E-state index in [1.807, 2.05) is 0 Å². The zero-order valence-corrected chi connectivity index (χ0v) is 14.1. The lowest BCUT2D eigenvalue weighted by Crippen LogP contribution is -3.16. The summed E-state index contributed by atoms with van der Waals surface area (Å²) in [5.41, 5.74) is 2.56. The summed E-state index contributed by atoms with van der Waals surface area (Å²) in [5.74, 6) is 1.55. The lowest BCUT2D eigenvalue weighted by Gasteiger charge is -2.32. The second-order valence-electron chi connectivity index (χ2n) is 6.71. The van der Waals surface area contributed by atoms with E-state index >= 15 is 0 Å². The smallest absolute Gasteiger partial charge is 0.137 e. The number of rotatable bonds is 5. The molecule has 1 aromatic rings. The van der Waals surface area contributed by atoms with Crippen molar-refractivity contribution in [2.45, 2.75) is 52.7 Å². The van der Waals surface area contributed by atoms with Crippen LogP contribution in [0.5, 0.6) is 5.75 Å². The van der Waals surface area contributed by atoms with E-state index in [1.165, 1.54) is 11.1 Å². The van der Waals surface area contributed by atoms with Gasteiger partial charge in [0.15, 0.2) is 0 Å². The third-order valence-electron chi connectivity index (χ3n) is 4.12. The first-order chi connectivity index (χ1) is 9.95. The molecule has 3 heteroatoms. The fraction of sp³-hybridized carbons (Fsp3) is 0.667. The van der Waals surface area contributed by atoms with Crippen molar-refractivity contribution in [1.82, 2.24) is 0 Å². The van der Waals surface area contributed by atoms with Crippen molar-refractivity contribution in [3.63, 3.8) is 0 Å². The van der Waals surface area contributed by atoms with Gasteiger partial charge >= 0.3 is 0 Å². The molecule has 118 valence electrons. The molecule has 0 radical (unpaired) electrons. The minimum absolute atomic E-state index is 0.356. The van der Waals surface area contributed by atoms with E-state index in [0.717, 1.165) is 32.0 Å². The molecule has 3 nitrogen and oxygen atoms in total. The van der Waals surface area contributed by atoms with Gasteiger partial charge in [-0.3, -0.25) is 0 Å². The Balaban J connectivity index is 1.90. The molecule has 0 aromatic heterocycles. The van der Waals surface area contributed by atoms with E-state index in [-0.39, 0.29) is 0 Å². The minimum Gasteiger partial charge on any atom is -0.487 e. The zero-order valence-electron chi connectivity index (χ0n) is 14.1. The highest BCUT2D eigenvalue weighted by atomic mass is 16.5. The van der Waals surface area contributed by atoms with E-state index < -0.39 is 0 Å². The monoisotopic (exact) mass is 292 g/mol. The van der Waals surface area contributed by atoms with E-state index in [9.17, 15) is 0 Å². The van der Waals surface area contributed by atoms with Crippen molar-refractivity contribution in [1.29, 1.82) is 0 Å². The molecule has 1 fully saturated rings. The first-order valence-electron chi connectivity index (χ1n) is 8.18. The summed E-state index contributed by atoms with van der Waals surface area (Å²) in [6.45, 7) is 14.9. The molecule has 1 aromatic carbocycles. The number of morpholine rings is 1. The Bertz CT molecular complexity index is 449. The van der Waals surface area contributed by atoms with E-state index in [1.54, 1.807) is 4.90 Å². The molecule has 1 aliphatic heterocycles. The van der Waals surface area contributed by atoms with Crippen molar-refractivity contribution >= 4 is 0 Å². The Morgan fingerprint density at radius 1 is 1.24 bits per heavy atom. The number of benzene rings is 1. The third kappa shape index (κ3) is 4.72. The minimum atomic E-state index is 0.356. The average Bonchev–Trinajstić information content (AvgIpc) is 2.37. The summed E-state index contributed by atoms with van der Waals surface area (Å²) in [6, 6.07) is 6.52. The topological polar surface area (TPSA) is 22.9 Å². The van der Waals surface area contributed by atoms with Crippen molar-refractivity contribution < 1.29 is 14.4 Å². The van der Waals surface area contributed by atoms with Gasteiger partial charge in [0.2, 0.25) is 0 Å². The Labute approximate surface area is 129 Å². The van der Waals surface area contributed by atoms with Crippen molar-refractivity contribution in [3.8, 4) is 5.75 Å². The molecule has 1 aliphatic rings. The van der Waals surface area contributed by atoms with Crippen molar-refractivity contribution in [2.75, 3.05) is 26.2 Å². The van der Waals surface area contributed by atoms with Gasteiger partial charge in [0.1, 0.15) is 44.2 Å². The molecule has 0 amide bonds. The first-order valence-corrected chi connectivity index (χ1v) is 8.18. The van der Waals surface area contributed by atoms with Gasteiger partial charge in [0, 0.05) is 0 Å². The molecular formula is C18H30NO2+. The molecule has 0 unspecified atom stereocenters. The number of ether oxygens (including phenoxy) is 2. The van der Waals surface area contributed by atoms with Crippen LogP contribution in [0.1, 0.15) is 44.7 Å². The highest BCUT2D eigenvalue weighted by molar-refractivity contribution is 5.39. The van der Waals surface area contributed by atoms with Gasteiger partial charge in [-0.25, -0.2) is 0 Å². The highest BCUT2D eigenvalue weighted by Crippen LogP contribution is 2.27. The Hall–Kier alpha value is -1.06. The lowest BCUT2D eigenvalue weighted by atomic mass is 10.0. The fourth-order valence-corrected chi connectivity index (χ4v) is 3.14. The predicted octanol–water partition coefficient (Wildman–Crippen LogP) is 2.19. The summed E-state index contributed by atoms with van der Waals surface area (Å²) in [6.07, 6.45) is 0.711. The molecule has 1 heterocycles. The second-order valence-corrected chi connectivity index (χ2v) is 6.71. The Morgan fingerprint density at radius 2 is 1.90 bits per heavy atom. The molecule has 0 bridgehead atoms. The summed E-state index contributed by atoms with van der Waals surface area (Å²) in [5, 5.41) is 0. The molecule has 0 saturated carbocycles. The Morgan fingerprint density at radius 3 is 2.52 bits per heavy atom. The summed E-state index contributed by atoms with van der Waals surface area (Å²) < 4.78 is 11.9. The second kappa shape index (κ2) is 7.28. The van der Waals surface area contributed by atoms with Gasteiger partial charge in [-0.2, -0.15) is 0 Å². The van der Waals surface area contributed by atoms with E-state index in [0.29, 0.717) is 18.1 Å². The summed E-state index contributed by atoms with van der Waals surface area (Å²) >= 11 is 0. The highest BCUT2D eigenvalue weighted by Gasteiger charge is 2.25. The molecule has 2 rings (SSSR count). The fourth-order valence-electron chi connectivity index (χ4n) is 3.14. The zero-order chi connectivity index (χ0) is 15.4.